The van der Waals surface area contributed by atoms with Gasteiger partial charge in [-0.15, -0.1) is 0 Å². The predicted octanol–water partition coefficient (Wildman–Crippen LogP) is 4.42. The Kier molecular flexibility index (Phi) is 9.16. The first-order valence-electron chi connectivity index (χ1n) is 11.8. The highest BCUT2D eigenvalue weighted by Crippen LogP contribution is 2.35. The first-order chi connectivity index (χ1) is 17.3. The number of benzene rings is 2. The lowest BCUT2D eigenvalue weighted by Crippen LogP contribution is -2.46. The van der Waals surface area contributed by atoms with Gasteiger partial charge in [-0.3, -0.25) is 19.3 Å². The fourth-order valence-corrected chi connectivity index (χ4v) is 3.76. The Balaban J connectivity index is 1.97. The van der Waals surface area contributed by atoms with Gasteiger partial charge in [0.1, 0.15) is 17.6 Å². The number of carbonyl (C=O) groups excluding carboxylic acids is 3. The average molecular weight is 489 g/mol. The van der Waals surface area contributed by atoms with E-state index in [9.17, 15) is 14.4 Å². The van der Waals surface area contributed by atoms with Gasteiger partial charge in [-0.2, -0.15) is 0 Å². The first-order valence-corrected chi connectivity index (χ1v) is 11.8. The molecule has 8 nitrogen and oxygen atoms in total. The summed E-state index contributed by atoms with van der Waals surface area (Å²) in [4.78, 5) is 45.3. The smallest absolute Gasteiger partial charge is 0.248 e. The number of hydrogen-bond donors (Lipinski definition) is 2. The van der Waals surface area contributed by atoms with Crippen LogP contribution in [0.5, 0.6) is 5.75 Å². The van der Waals surface area contributed by atoms with Gasteiger partial charge in [0.05, 0.1) is 12.8 Å². The molecule has 188 valence electrons. The maximum atomic E-state index is 13.7. The maximum absolute atomic E-state index is 13.7. The van der Waals surface area contributed by atoms with E-state index in [-0.39, 0.29) is 36.6 Å². The summed E-state index contributed by atoms with van der Waals surface area (Å²) in [7, 11) is 1.51. The van der Waals surface area contributed by atoms with Crippen molar-refractivity contribution in [3.63, 3.8) is 0 Å². The minimum Gasteiger partial charge on any atom is -0.495 e. The first kappa shape index (κ1) is 26.4. The number of aryl methyl sites for hydroxylation is 1. The van der Waals surface area contributed by atoms with Crippen molar-refractivity contribution < 1.29 is 19.1 Å². The van der Waals surface area contributed by atoms with Crippen molar-refractivity contribution in [2.24, 2.45) is 0 Å². The van der Waals surface area contributed by atoms with Crippen molar-refractivity contribution in [1.82, 2.24) is 10.3 Å². The van der Waals surface area contributed by atoms with E-state index in [0.717, 1.165) is 5.56 Å². The van der Waals surface area contributed by atoms with Gasteiger partial charge in [-0.1, -0.05) is 48.0 Å². The zero-order valence-electron chi connectivity index (χ0n) is 21.0. The molecular formula is C28H32N4O4. The van der Waals surface area contributed by atoms with Crippen LogP contribution in [-0.2, 0) is 14.4 Å². The Morgan fingerprint density at radius 1 is 0.944 bits per heavy atom. The van der Waals surface area contributed by atoms with E-state index in [2.05, 4.69) is 15.6 Å². The quantitative estimate of drug-likeness (QED) is 0.440. The van der Waals surface area contributed by atoms with Crippen LogP contribution in [0.15, 0.2) is 72.9 Å². The van der Waals surface area contributed by atoms with Crippen LogP contribution in [-0.4, -0.2) is 35.9 Å². The number of rotatable bonds is 10. The summed E-state index contributed by atoms with van der Waals surface area (Å²) >= 11 is 0. The summed E-state index contributed by atoms with van der Waals surface area (Å²) in [6, 6.07) is 18.6. The summed E-state index contributed by atoms with van der Waals surface area (Å²) in [5.74, 6) is -0.213. The third-order valence-corrected chi connectivity index (χ3v) is 5.44. The number of carbonyl (C=O) groups is 3. The number of aromatic nitrogens is 1. The Bertz CT molecular complexity index is 1180. The van der Waals surface area contributed by atoms with Crippen LogP contribution in [0.3, 0.4) is 0 Å². The molecule has 0 aliphatic carbocycles. The monoisotopic (exact) mass is 488 g/mol. The second-order valence-electron chi connectivity index (χ2n) is 8.68. The Hall–Kier alpha value is -4.20. The minimum absolute atomic E-state index is 0.0759. The molecule has 3 amide bonds. The van der Waals surface area contributed by atoms with E-state index in [0.29, 0.717) is 22.8 Å². The number of para-hydroxylation sites is 2. The topological polar surface area (TPSA) is 101 Å². The van der Waals surface area contributed by atoms with Crippen molar-refractivity contribution in [3.8, 4) is 5.75 Å². The number of ether oxygens (including phenoxy) is 1. The summed E-state index contributed by atoms with van der Waals surface area (Å²) in [6.07, 6.45) is 1.38. The van der Waals surface area contributed by atoms with Crippen LogP contribution >= 0.6 is 0 Å². The van der Waals surface area contributed by atoms with Crippen molar-refractivity contribution >= 4 is 29.2 Å². The van der Waals surface area contributed by atoms with Crippen LogP contribution in [0.25, 0.3) is 0 Å². The fraction of sp³-hybridized carbons (Fsp3) is 0.286. The molecule has 36 heavy (non-hydrogen) atoms. The van der Waals surface area contributed by atoms with Gasteiger partial charge in [0.2, 0.25) is 17.7 Å². The van der Waals surface area contributed by atoms with E-state index in [1.54, 1.807) is 48.7 Å². The van der Waals surface area contributed by atoms with E-state index in [4.69, 9.17) is 4.74 Å². The van der Waals surface area contributed by atoms with E-state index >= 15 is 0 Å². The summed E-state index contributed by atoms with van der Waals surface area (Å²) < 4.78 is 5.53. The molecule has 3 rings (SSSR count). The van der Waals surface area contributed by atoms with Crippen LogP contribution in [0.2, 0.25) is 0 Å². The number of nitrogens with one attached hydrogen (secondary N) is 2. The van der Waals surface area contributed by atoms with Crippen LogP contribution in [0.4, 0.5) is 11.5 Å². The molecule has 0 spiro atoms. The zero-order chi connectivity index (χ0) is 26.1. The second kappa shape index (κ2) is 12.5. The molecule has 0 saturated heterocycles. The van der Waals surface area contributed by atoms with Gasteiger partial charge in [-0.25, -0.2) is 4.98 Å². The number of methoxy groups -OCH3 is 1. The molecule has 8 heteroatoms. The summed E-state index contributed by atoms with van der Waals surface area (Å²) in [5.41, 5.74) is 2.12. The molecule has 0 bridgehead atoms. The average Bonchev–Trinajstić information content (AvgIpc) is 2.86. The molecule has 2 N–H and O–H groups in total. The molecule has 2 aromatic carbocycles. The van der Waals surface area contributed by atoms with Crippen LogP contribution in [0, 0.1) is 6.92 Å². The lowest BCUT2D eigenvalue weighted by atomic mass is 10.0. The van der Waals surface area contributed by atoms with Crippen molar-refractivity contribution in [3.05, 3.63) is 84.1 Å². The molecule has 1 unspecified atom stereocenters. The molecule has 0 aliphatic rings. The predicted molar refractivity (Wildman–Crippen MR) is 140 cm³/mol. The number of amides is 3. The molecule has 1 aromatic heterocycles. The van der Waals surface area contributed by atoms with Crippen molar-refractivity contribution in [2.45, 2.75) is 45.7 Å². The van der Waals surface area contributed by atoms with Gasteiger partial charge < -0.3 is 15.4 Å². The lowest BCUT2D eigenvalue weighted by Gasteiger charge is -2.33. The van der Waals surface area contributed by atoms with Gasteiger partial charge in [0.15, 0.2) is 0 Å². The number of pyridine rings is 1. The number of hydrogen-bond acceptors (Lipinski definition) is 5. The fourth-order valence-electron chi connectivity index (χ4n) is 3.76. The van der Waals surface area contributed by atoms with E-state index in [1.807, 2.05) is 45.0 Å². The number of nitrogens with zero attached hydrogens (tertiary/aromatic N) is 2. The molecule has 1 atom stereocenters. The van der Waals surface area contributed by atoms with Crippen molar-refractivity contribution in [2.75, 3.05) is 17.3 Å². The minimum atomic E-state index is -0.962. The van der Waals surface area contributed by atoms with Gasteiger partial charge in [0.25, 0.3) is 0 Å². The standard InChI is InChI=1S/C28H32N4O4/c1-19(2)30-28(35)27(21-14-12-20(3)13-15-21)32(22-9-5-6-10-23(22)36-4)26(34)17-16-25(33)31-24-11-7-8-18-29-24/h5-15,18-19,27H,16-17H2,1-4H3,(H,30,35)(H,29,31,33). The largest absolute Gasteiger partial charge is 0.495 e. The summed E-state index contributed by atoms with van der Waals surface area (Å²) in [6.45, 7) is 5.68. The van der Waals surface area contributed by atoms with Crippen molar-refractivity contribution in [1.29, 1.82) is 0 Å². The Morgan fingerprint density at radius 3 is 2.28 bits per heavy atom. The molecule has 1 heterocycles. The molecule has 0 radical (unpaired) electrons. The van der Waals surface area contributed by atoms with E-state index < -0.39 is 6.04 Å². The third kappa shape index (κ3) is 6.91. The molecule has 3 aromatic rings. The molecule has 0 aliphatic heterocycles. The maximum Gasteiger partial charge on any atom is 0.248 e. The highest BCUT2D eigenvalue weighted by atomic mass is 16.5. The second-order valence-corrected chi connectivity index (χ2v) is 8.68. The molecular weight excluding hydrogens is 456 g/mol. The Labute approximate surface area is 211 Å². The third-order valence-electron chi connectivity index (χ3n) is 5.44. The van der Waals surface area contributed by atoms with E-state index in [1.165, 1.54) is 12.0 Å². The zero-order valence-corrected chi connectivity index (χ0v) is 21.0. The SMILES string of the molecule is COc1ccccc1N(C(=O)CCC(=O)Nc1ccccn1)C(C(=O)NC(C)C)c1ccc(C)cc1. The summed E-state index contributed by atoms with van der Waals surface area (Å²) in [5, 5.41) is 5.62. The van der Waals surface area contributed by atoms with Gasteiger partial charge in [-0.05, 0) is 50.6 Å². The normalized spacial score (nSPS) is 11.5. The molecule has 0 fully saturated rings. The molecule has 0 saturated carbocycles. The lowest BCUT2D eigenvalue weighted by molar-refractivity contribution is -0.127. The number of anilines is 2. The Morgan fingerprint density at radius 2 is 1.64 bits per heavy atom. The van der Waals surface area contributed by atoms with Crippen LogP contribution in [0.1, 0.15) is 43.9 Å². The van der Waals surface area contributed by atoms with Gasteiger partial charge >= 0.3 is 0 Å². The van der Waals surface area contributed by atoms with Gasteiger partial charge in [0, 0.05) is 25.1 Å². The highest BCUT2D eigenvalue weighted by Gasteiger charge is 2.34. The highest BCUT2D eigenvalue weighted by molar-refractivity contribution is 6.04. The van der Waals surface area contributed by atoms with Crippen LogP contribution < -0.4 is 20.3 Å².